The SMILES string of the molecule is CC1(CC(=O)O)CC(=O)O1. The minimum absolute atomic E-state index is 0.0985. The first kappa shape index (κ1) is 7.05. The lowest BCUT2D eigenvalue weighted by atomic mass is 9.93. The third-order valence-corrected chi connectivity index (χ3v) is 1.40. The maximum Gasteiger partial charge on any atom is 0.310 e. The van der Waals surface area contributed by atoms with E-state index in [0.717, 1.165) is 0 Å². The Morgan fingerprint density at radius 2 is 2.40 bits per heavy atom. The molecular formula is C6H8O4. The van der Waals surface area contributed by atoms with Gasteiger partial charge in [0.25, 0.3) is 0 Å². The van der Waals surface area contributed by atoms with E-state index in [-0.39, 0.29) is 18.8 Å². The van der Waals surface area contributed by atoms with Gasteiger partial charge in [0.15, 0.2) is 0 Å². The monoisotopic (exact) mass is 144 g/mol. The van der Waals surface area contributed by atoms with E-state index in [1.807, 2.05) is 0 Å². The number of carboxylic acid groups (broad SMARTS) is 1. The van der Waals surface area contributed by atoms with Crippen molar-refractivity contribution in [3.8, 4) is 0 Å². The van der Waals surface area contributed by atoms with Gasteiger partial charge in [-0.05, 0) is 6.92 Å². The van der Waals surface area contributed by atoms with Crippen LogP contribution in [0.4, 0.5) is 0 Å². The first-order valence-electron chi connectivity index (χ1n) is 2.95. The lowest BCUT2D eigenvalue weighted by Gasteiger charge is -2.35. The fourth-order valence-corrected chi connectivity index (χ4v) is 0.990. The molecule has 1 heterocycles. The van der Waals surface area contributed by atoms with E-state index in [4.69, 9.17) is 5.11 Å². The van der Waals surface area contributed by atoms with Crippen molar-refractivity contribution in [1.82, 2.24) is 0 Å². The summed E-state index contributed by atoms with van der Waals surface area (Å²) in [5.41, 5.74) is -0.733. The highest BCUT2D eigenvalue weighted by molar-refractivity contribution is 5.80. The van der Waals surface area contributed by atoms with Gasteiger partial charge >= 0.3 is 11.9 Å². The van der Waals surface area contributed by atoms with E-state index in [1.165, 1.54) is 0 Å². The highest BCUT2D eigenvalue weighted by atomic mass is 16.6. The summed E-state index contributed by atoms with van der Waals surface area (Å²) in [5, 5.41) is 8.31. The Morgan fingerprint density at radius 1 is 1.90 bits per heavy atom. The molecule has 0 aliphatic carbocycles. The predicted molar refractivity (Wildman–Crippen MR) is 31.4 cm³/mol. The van der Waals surface area contributed by atoms with Gasteiger partial charge in [0, 0.05) is 0 Å². The van der Waals surface area contributed by atoms with Crippen molar-refractivity contribution in [2.75, 3.05) is 0 Å². The molecule has 1 N–H and O–H groups in total. The van der Waals surface area contributed by atoms with Gasteiger partial charge in [-0.25, -0.2) is 0 Å². The summed E-state index contributed by atoms with van der Waals surface area (Å²) >= 11 is 0. The van der Waals surface area contributed by atoms with Gasteiger partial charge < -0.3 is 9.84 Å². The first-order valence-corrected chi connectivity index (χ1v) is 2.95. The Labute approximate surface area is 57.8 Å². The largest absolute Gasteiger partial charge is 0.481 e. The van der Waals surface area contributed by atoms with E-state index >= 15 is 0 Å². The van der Waals surface area contributed by atoms with Gasteiger partial charge in [0.05, 0.1) is 12.8 Å². The number of ether oxygens (including phenoxy) is 1. The van der Waals surface area contributed by atoms with Crippen LogP contribution in [0.5, 0.6) is 0 Å². The third-order valence-electron chi connectivity index (χ3n) is 1.40. The quantitative estimate of drug-likeness (QED) is 0.561. The molecule has 1 fully saturated rings. The molecule has 4 nitrogen and oxygen atoms in total. The molecule has 10 heavy (non-hydrogen) atoms. The maximum absolute atomic E-state index is 10.3. The highest BCUT2D eigenvalue weighted by Gasteiger charge is 2.43. The molecule has 1 aliphatic rings. The normalized spacial score (nSPS) is 30.7. The second-order valence-electron chi connectivity index (χ2n) is 2.67. The molecular weight excluding hydrogens is 136 g/mol. The van der Waals surface area contributed by atoms with Crippen molar-refractivity contribution < 1.29 is 19.4 Å². The summed E-state index contributed by atoms with van der Waals surface area (Å²) in [6.45, 7) is 1.61. The molecule has 1 atom stereocenters. The molecule has 0 spiro atoms. The van der Waals surface area contributed by atoms with Crippen molar-refractivity contribution in [3.05, 3.63) is 0 Å². The van der Waals surface area contributed by atoms with Crippen LogP contribution in [0.25, 0.3) is 0 Å². The summed E-state index contributed by atoms with van der Waals surface area (Å²) < 4.78 is 4.62. The zero-order valence-corrected chi connectivity index (χ0v) is 5.59. The Morgan fingerprint density at radius 3 is 2.70 bits per heavy atom. The smallest absolute Gasteiger partial charge is 0.310 e. The molecule has 56 valence electrons. The van der Waals surface area contributed by atoms with Crippen LogP contribution in [0, 0.1) is 0 Å². The van der Waals surface area contributed by atoms with E-state index < -0.39 is 11.6 Å². The van der Waals surface area contributed by atoms with E-state index in [2.05, 4.69) is 4.74 Å². The van der Waals surface area contributed by atoms with Crippen LogP contribution in [0.2, 0.25) is 0 Å². The van der Waals surface area contributed by atoms with Crippen LogP contribution in [0.15, 0.2) is 0 Å². The molecule has 1 aliphatic heterocycles. The molecule has 0 saturated carbocycles. The summed E-state index contributed by atoms with van der Waals surface area (Å²) in [6, 6.07) is 0. The lowest BCUT2D eigenvalue weighted by molar-refractivity contribution is -0.191. The minimum atomic E-state index is -0.935. The van der Waals surface area contributed by atoms with E-state index in [0.29, 0.717) is 0 Å². The number of cyclic esters (lactones) is 1. The number of carbonyl (C=O) groups excluding carboxylic acids is 1. The third kappa shape index (κ3) is 1.26. The van der Waals surface area contributed by atoms with Crippen LogP contribution in [0.1, 0.15) is 19.8 Å². The van der Waals surface area contributed by atoms with E-state index in [9.17, 15) is 9.59 Å². The van der Waals surface area contributed by atoms with Crippen LogP contribution in [-0.4, -0.2) is 22.6 Å². The van der Waals surface area contributed by atoms with Crippen molar-refractivity contribution in [3.63, 3.8) is 0 Å². The lowest BCUT2D eigenvalue weighted by Crippen LogP contribution is -2.46. The summed E-state index contributed by atoms with van der Waals surface area (Å²) in [4.78, 5) is 20.4. The standard InChI is InChI=1S/C6H8O4/c1-6(2-4(7)8)3-5(9)10-6/h2-3H2,1H3,(H,7,8). The summed E-state index contributed by atoms with van der Waals surface area (Å²) in [6.07, 6.45) is 0.123. The fourth-order valence-electron chi connectivity index (χ4n) is 0.990. The fraction of sp³-hybridized carbons (Fsp3) is 0.667. The summed E-state index contributed by atoms with van der Waals surface area (Å²) in [7, 11) is 0. The zero-order chi connectivity index (χ0) is 7.78. The van der Waals surface area contributed by atoms with Crippen LogP contribution >= 0.6 is 0 Å². The number of carboxylic acids is 1. The molecule has 0 aromatic heterocycles. The second-order valence-corrected chi connectivity index (χ2v) is 2.67. The van der Waals surface area contributed by atoms with Crippen molar-refractivity contribution >= 4 is 11.9 Å². The second kappa shape index (κ2) is 1.97. The Balaban J connectivity index is 2.41. The average Bonchev–Trinajstić information content (AvgIpc) is 1.57. The van der Waals surface area contributed by atoms with Gasteiger partial charge in [-0.15, -0.1) is 0 Å². The topological polar surface area (TPSA) is 63.6 Å². The molecule has 0 aromatic rings. The minimum Gasteiger partial charge on any atom is -0.481 e. The molecule has 0 radical (unpaired) electrons. The van der Waals surface area contributed by atoms with Crippen molar-refractivity contribution in [2.45, 2.75) is 25.4 Å². The number of aliphatic carboxylic acids is 1. The van der Waals surface area contributed by atoms with Crippen molar-refractivity contribution in [2.24, 2.45) is 0 Å². The average molecular weight is 144 g/mol. The van der Waals surface area contributed by atoms with Gasteiger partial charge in [0.1, 0.15) is 5.60 Å². The van der Waals surface area contributed by atoms with Crippen LogP contribution in [-0.2, 0) is 14.3 Å². The van der Waals surface area contributed by atoms with E-state index in [1.54, 1.807) is 6.92 Å². The molecule has 1 unspecified atom stereocenters. The maximum atomic E-state index is 10.3. The molecule has 1 rings (SSSR count). The number of hydrogen-bond acceptors (Lipinski definition) is 3. The van der Waals surface area contributed by atoms with Gasteiger partial charge in [-0.2, -0.15) is 0 Å². The molecule has 0 bridgehead atoms. The summed E-state index contributed by atoms with van der Waals surface area (Å²) in [5.74, 6) is -1.25. The van der Waals surface area contributed by atoms with Gasteiger partial charge in [-0.3, -0.25) is 9.59 Å². The Bertz CT molecular complexity index is 176. The molecule has 0 aromatic carbocycles. The first-order chi connectivity index (χ1) is 4.52. The number of esters is 1. The van der Waals surface area contributed by atoms with Crippen molar-refractivity contribution in [1.29, 1.82) is 0 Å². The Hall–Kier alpha value is -1.06. The number of carbonyl (C=O) groups is 2. The molecule has 1 saturated heterocycles. The number of rotatable bonds is 2. The molecule has 4 heteroatoms. The predicted octanol–water partition coefficient (Wildman–Crippen LogP) is 0.167. The van der Waals surface area contributed by atoms with Crippen LogP contribution < -0.4 is 0 Å². The number of hydrogen-bond donors (Lipinski definition) is 1. The molecule has 0 amide bonds. The highest BCUT2D eigenvalue weighted by Crippen LogP contribution is 2.30. The van der Waals surface area contributed by atoms with Crippen LogP contribution in [0.3, 0.4) is 0 Å². The van der Waals surface area contributed by atoms with Gasteiger partial charge in [-0.1, -0.05) is 0 Å². The van der Waals surface area contributed by atoms with Gasteiger partial charge in [0.2, 0.25) is 0 Å². The zero-order valence-electron chi connectivity index (χ0n) is 5.59. The Kier molecular flexibility index (Phi) is 1.39.